The number of aryl methyl sites for hydroxylation is 2. The Bertz CT molecular complexity index is 924. The lowest BCUT2D eigenvalue weighted by Gasteiger charge is -2.33. The van der Waals surface area contributed by atoms with Crippen LogP contribution in [0.2, 0.25) is 0 Å². The molecule has 0 N–H and O–H groups in total. The first kappa shape index (κ1) is 16.6. The zero-order chi connectivity index (χ0) is 17.6. The van der Waals surface area contributed by atoms with Gasteiger partial charge in [0.05, 0.1) is 18.9 Å². The van der Waals surface area contributed by atoms with Crippen molar-refractivity contribution in [3.05, 3.63) is 35.1 Å². The normalized spacial score (nSPS) is 18.7. The van der Waals surface area contributed by atoms with Crippen LogP contribution in [0, 0.1) is 0 Å². The number of nitrogens with zero attached hydrogens (tertiary/aromatic N) is 2. The van der Waals surface area contributed by atoms with E-state index in [4.69, 9.17) is 4.42 Å². The largest absolute Gasteiger partial charge is 0.464 e. The average molecular weight is 362 g/mol. The molecule has 2 heterocycles. The fourth-order valence-electron chi connectivity index (χ4n) is 3.83. The van der Waals surface area contributed by atoms with E-state index in [0.717, 1.165) is 29.4 Å². The molecule has 1 aliphatic heterocycles. The van der Waals surface area contributed by atoms with Gasteiger partial charge in [0.2, 0.25) is 15.9 Å². The van der Waals surface area contributed by atoms with Gasteiger partial charge in [-0.25, -0.2) is 8.42 Å². The zero-order valence-corrected chi connectivity index (χ0v) is 15.1. The van der Waals surface area contributed by atoms with Crippen LogP contribution >= 0.6 is 0 Å². The molecule has 4 rings (SSSR count). The fourth-order valence-corrected chi connectivity index (χ4v) is 4.66. The van der Waals surface area contributed by atoms with Gasteiger partial charge in [0.25, 0.3) is 0 Å². The summed E-state index contributed by atoms with van der Waals surface area (Å²) < 4.78 is 30.2. The minimum Gasteiger partial charge on any atom is -0.464 e. The second-order valence-corrected chi connectivity index (χ2v) is 8.93. The van der Waals surface area contributed by atoms with Gasteiger partial charge >= 0.3 is 0 Å². The summed E-state index contributed by atoms with van der Waals surface area (Å²) in [6.45, 7) is 1.61. The minimum absolute atomic E-state index is 0.0244. The quantitative estimate of drug-likeness (QED) is 0.831. The molecule has 1 saturated heterocycles. The van der Waals surface area contributed by atoms with Crippen molar-refractivity contribution in [2.24, 2.45) is 0 Å². The number of sulfonamides is 1. The summed E-state index contributed by atoms with van der Waals surface area (Å²) in [6.07, 6.45) is 6.57. The molecule has 0 unspecified atom stereocenters. The number of rotatable bonds is 3. The number of carbonyl (C=O) groups is 1. The first-order chi connectivity index (χ1) is 11.9. The van der Waals surface area contributed by atoms with Gasteiger partial charge in [-0.1, -0.05) is 0 Å². The van der Waals surface area contributed by atoms with Crippen LogP contribution in [0.3, 0.4) is 0 Å². The van der Waals surface area contributed by atoms with Crippen LogP contribution in [0.1, 0.15) is 23.1 Å². The molecule has 1 aromatic carbocycles. The van der Waals surface area contributed by atoms with Gasteiger partial charge in [0, 0.05) is 37.1 Å². The number of furan rings is 1. The minimum atomic E-state index is -3.18. The van der Waals surface area contributed by atoms with E-state index < -0.39 is 10.0 Å². The Morgan fingerprint density at radius 3 is 2.48 bits per heavy atom. The molecule has 0 bridgehead atoms. The fraction of sp³-hybridized carbons (Fsp3) is 0.500. The molecule has 1 aliphatic carbocycles. The molecule has 2 aliphatic rings. The number of hydrogen-bond donors (Lipinski definition) is 0. The number of fused-ring (bicyclic) bond motifs is 2. The van der Waals surface area contributed by atoms with Crippen molar-refractivity contribution in [2.45, 2.75) is 25.7 Å². The molecule has 0 atom stereocenters. The average Bonchev–Trinajstić information content (AvgIpc) is 3.19. The highest BCUT2D eigenvalue weighted by Gasteiger charge is 2.26. The Balaban J connectivity index is 1.48. The highest BCUT2D eigenvalue weighted by atomic mass is 32.2. The second kappa shape index (κ2) is 6.14. The molecule has 7 heteroatoms. The van der Waals surface area contributed by atoms with Crippen LogP contribution < -0.4 is 0 Å². The van der Waals surface area contributed by atoms with E-state index in [1.807, 2.05) is 0 Å². The molecule has 1 aromatic heterocycles. The van der Waals surface area contributed by atoms with Gasteiger partial charge < -0.3 is 9.32 Å². The number of hydrogen-bond acceptors (Lipinski definition) is 4. The molecule has 1 amide bonds. The lowest BCUT2D eigenvalue weighted by Crippen LogP contribution is -2.50. The highest BCUT2D eigenvalue weighted by Crippen LogP contribution is 2.30. The second-order valence-electron chi connectivity index (χ2n) is 6.95. The van der Waals surface area contributed by atoms with Crippen molar-refractivity contribution in [1.29, 1.82) is 0 Å². The maximum absolute atomic E-state index is 12.6. The summed E-state index contributed by atoms with van der Waals surface area (Å²) in [5, 5.41) is 1.03. The topological polar surface area (TPSA) is 70.8 Å². The van der Waals surface area contributed by atoms with Crippen LogP contribution in [0.5, 0.6) is 0 Å². The lowest BCUT2D eigenvalue weighted by atomic mass is 10.0. The Labute approximate surface area is 147 Å². The third kappa shape index (κ3) is 3.18. The summed E-state index contributed by atoms with van der Waals surface area (Å²) in [6, 6.07) is 4.28. The zero-order valence-electron chi connectivity index (χ0n) is 14.3. The SMILES string of the molecule is CS(=O)(=O)N1CCN(C(=O)Cc2coc3cc4c(cc23)CCC4)CC1. The molecule has 25 heavy (non-hydrogen) atoms. The Morgan fingerprint density at radius 1 is 1.12 bits per heavy atom. The van der Waals surface area contributed by atoms with Crippen LogP contribution in [-0.2, 0) is 34.1 Å². The van der Waals surface area contributed by atoms with Gasteiger partial charge in [-0.05, 0) is 42.5 Å². The summed E-state index contributed by atoms with van der Waals surface area (Å²) in [4.78, 5) is 14.4. The van der Waals surface area contributed by atoms with Gasteiger partial charge in [-0.2, -0.15) is 4.31 Å². The van der Waals surface area contributed by atoms with Gasteiger partial charge in [0.15, 0.2) is 0 Å². The Hall–Kier alpha value is -1.86. The van der Waals surface area contributed by atoms with E-state index in [9.17, 15) is 13.2 Å². The van der Waals surface area contributed by atoms with E-state index in [0.29, 0.717) is 32.6 Å². The molecular weight excluding hydrogens is 340 g/mol. The predicted octanol–water partition coefficient (Wildman–Crippen LogP) is 1.57. The van der Waals surface area contributed by atoms with Crippen molar-refractivity contribution in [3.63, 3.8) is 0 Å². The molecule has 0 saturated carbocycles. The van der Waals surface area contributed by atoms with E-state index >= 15 is 0 Å². The molecule has 0 spiro atoms. The summed E-state index contributed by atoms with van der Waals surface area (Å²) >= 11 is 0. The number of amides is 1. The maximum atomic E-state index is 12.6. The Morgan fingerprint density at radius 2 is 1.80 bits per heavy atom. The highest BCUT2D eigenvalue weighted by molar-refractivity contribution is 7.88. The molecule has 0 radical (unpaired) electrons. The third-order valence-electron chi connectivity index (χ3n) is 5.27. The van der Waals surface area contributed by atoms with E-state index in [2.05, 4.69) is 12.1 Å². The summed E-state index contributed by atoms with van der Waals surface area (Å²) in [5.74, 6) is 0.0244. The van der Waals surface area contributed by atoms with E-state index in [1.54, 1.807) is 11.2 Å². The first-order valence-corrected chi connectivity index (χ1v) is 10.5. The van der Waals surface area contributed by atoms with Crippen molar-refractivity contribution in [3.8, 4) is 0 Å². The standard InChI is InChI=1S/C18H22N2O4S/c1-25(22,23)20-7-5-19(6-8-20)18(21)11-15-12-24-17-10-14-4-2-3-13(14)9-16(15)17/h9-10,12H,2-8,11H2,1H3. The van der Waals surface area contributed by atoms with Crippen molar-refractivity contribution in [1.82, 2.24) is 9.21 Å². The molecular formula is C18H22N2O4S. The van der Waals surface area contributed by atoms with Gasteiger partial charge in [-0.15, -0.1) is 0 Å². The molecule has 1 fully saturated rings. The van der Waals surface area contributed by atoms with E-state index in [1.165, 1.54) is 28.1 Å². The maximum Gasteiger partial charge on any atom is 0.227 e. The monoisotopic (exact) mass is 362 g/mol. The van der Waals surface area contributed by atoms with Gasteiger partial charge in [0.1, 0.15) is 5.58 Å². The van der Waals surface area contributed by atoms with Crippen LogP contribution in [-0.4, -0.2) is 56.0 Å². The lowest BCUT2D eigenvalue weighted by molar-refractivity contribution is -0.131. The smallest absolute Gasteiger partial charge is 0.227 e. The van der Waals surface area contributed by atoms with Gasteiger partial charge in [-0.3, -0.25) is 4.79 Å². The van der Waals surface area contributed by atoms with Crippen molar-refractivity contribution >= 4 is 26.9 Å². The Kier molecular flexibility index (Phi) is 4.08. The predicted molar refractivity (Wildman–Crippen MR) is 94.9 cm³/mol. The molecule has 2 aromatic rings. The van der Waals surface area contributed by atoms with E-state index in [-0.39, 0.29) is 5.91 Å². The third-order valence-corrected chi connectivity index (χ3v) is 6.57. The molecule has 6 nitrogen and oxygen atoms in total. The number of piperazine rings is 1. The van der Waals surface area contributed by atoms with Crippen LogP contribution in [0.25, 0.3) is 11.0 Å². The molecule has 134 valence electrons. The summed E-state index contributed by atoms with van der Waals surface area (Å²) in [5.41, 5.74) is 4.49. The van der Waals surface area contributed by atoms with Crippen molar-refractivity contribution in [2.75, 3.05) is 32.4 Å². The van der Waals surface area contributed by atoms with Crippen molar-refractivity contribution < 1.29 is 17.6 Å². The first-order valence-electron chi connectivity index (χ1n) is 8.66. The summed E-state index contributed by atoms with van der Waals surface area (Å²) in [7, 11) is -3.18. The van der Waals surface area contributed by atoms with Crippen LogP contribution in [0.4, 0.5) is 0 Å². The van der Waals surface area contributed by atoms with Crippen LogP contribution in [0.15, 0.2) is 22.8 Å². The number of benzene rings is 1. The number of carbonyl (C=O) groups excluding carboxylic acids is 1.